The Balaban J connectivity index is 1.54. The van der Waals surface area contributed by atoms with Gasteiger partial charge in [-0.3, -0.25) is 9.59 Å². The lowest BCUT2D eigenvalue weighted by molar-refractivity contribution is -0.127. The minimum Gasteiger partial charge on any atom is -0.365 e. The van der Waals surface area contributed by atoms with Crippen LogP contribution in [0.4, 0.5) is 0 Å². The molecule has 0 N–H and O–H groups in total. The number of carbonyl (C=O) groups is 2. The fourth-order valence-corrected chi connectivity index (χ4v) is 5.54. The van der Waals surface area contributed by atoms with Gasteiger partial charge in [0, 0.05) is 0 Å². The lowest BCUT2D eigenvalue weighted by Crippen LogP contribution is -2.28. The van der Waals surface area contributed by atoms with Crippen LogP contribution in [0.3, 0.4) is 0 Å². The number of carbonyl (C=O) groups excluding carboxylic acids is 2. The zero-order chi connectivity index (χ0) is 19.7. The SMILES string of the molecule is Cc1ccc(C2=C[C@@H]3O[C@H]2[C@H]2C(=O)C(c4c(C)cc(C)cc4C)C(=O)[C@H]23)cc1. The predicted molar refractivity (Wildman–Crippen MR) is 108 cm³/mol. The van der Waals surface area contributed by atoms with Gasteiger partial charge in [-0.25, -0.2) is 0 Å². The molecule has 3 nitrogen and oxygen atoms in total. The molecule has 0 amide bonds. The van der Waals surface area contributed by atoms with Gasteiger partial charge in [0.05, 0.1) is 24.0 Å². The van der Waals surface area contributed by atoms with Gasteiger partial charge in [-0.2, -0.15) is 0 Å². The molecule has 2 aromatic rings. The molecule has 142 valence electrons. The van der Waals surface area contributed by atoms with Crippen LogP contribution in [0.1, 0.15) is 39.3 Å². The van der Waals surface area contributed by atoms with Crippen LogP contribution in [0.5, 0.6) is 0 Å². The number of benzene rings is 2. The van der Waals surface area contributed by atoms with Crippen molar-refractivity contribution in [1.29, 1.82) is 0 Å². The Morgan fingerprint density at radius 2 is 1.39 bits per heavy atom. The summed E-state index contributed by atoms with van der Waals surface area (Å²) in [7, 11) is 0. The molecule has 3 aliphatic rings. The molecule has 2 aromatic carbocycles. The highest BCUT2D eigenvalue weighted by Gasteiger charge is 2.63. The Bertz CT molecular complexity index is 1020. The van der Waals surface area contributed by atoms with E-state index in [-0.39, 0.29) is 35.6 Å². The Hall–Kier alpha value is -2.52. The van der Waals surface area contributed by atoms with Gasteiger partial charge >= 0.3 is 0 Å². The molecule has 5 rings (SSSR count). The van der Waals surface area contributed by atoms with E-state index in [0.717, 1.165) is 33.4 Å². The molecule has 3 heteroatoms. The van der Waals surface area contributed by atoms with Gasteiger partial charge in [-0.15, -0.1) is 0 Å². The van der Waals surface area contributed by atoms with E-state index in [4.69, 9.17) is 4.74 Å². The summed E-state index contributed by atoms with van der Waals surface area (Å²) in [4.78, 5) is 26.8. The van der Waals surface area contributed by atoms with Gasteiger partial charge in [-0.1, -0.05) is 47.5 Å². The molecule has 2 heterocycles. The number of hydrogen-bond acceptors (Lipinski definition) is 3. The van der Waals surface area contributed by atoms with Gasteiger partial charge in [-0.05, 0) is 61.6 Å². The lowest BCUT2D eigenvalue weighted by atomic mass is 9.79. The van der Waals surface area contributed by atoms with E-state index in [1.165, 1.54) is 5.56 Å². The third kappa shape index (κ3) is 2.32. The molecule has 28 heavy (non-hydrogen) atoms. The van der Waals surface area contributed by atoms with E-state index in [9.17, 15) is 9.59 Å². The predicted octanol–water partition coefficient (Wildman–Crippen LogP) is 4.25. The summed E-state index contributed by atoms with van der Waals surface area (Å²) in [6, 6.07) is 12.4. The third-order valence-corrected chi connectivity index (χ3v) is 6.66. The molecule has 1 saturated carbocycles. The molecule has 2 bridgehead atoms. The van der Waals surface area contributed by atoms with Crippen molar-refractivity contribution in [2.45, 2.75) is 45.8 Å². The maximum atomic E-state index is 13.5. The second kappa shape index (κ2) is 5.99. The second-order valence-corrected chi connectivity index (χ2v) is 8.61. The Kier molecular flexibility index (Phi) is 3.76. The summed E-state index contributed by atoms with van der Waals surface area (Å²) < 4.78 is 6.11. The van der Waals surface area contributed by atoms with Crippen molar-refractivity contribution in [1.82, 2.24) is 0 Å². The van der Waals surface area contributed by atoms with Crippen LogP contribution in [-0.4, -0.2) is 23.8 Å². The summed E-state index contributed by atoms with van der Waals surface area (Å²) in [5.41, 5.74) is 7.47. The quantitative estimate of drug-likeness (QED) is 0.740. The zero-order valence-corrected chi connectivity index (χ0v) is 16.7. The molecule has 0 aromatic heterocycles. The van der Waals surface area contributed by atoms with Crippen molar-refractivity contribution < 1.29 is 14.3 Å². The number of ether oxygens (including phenoxy) is 1. The summed E-state index contributed by atoms with van der Waals surface area (Å²) in [5.74, 6) is -1.26. The van der Waals surface area contributed by atoms with E-state index in [1.807, 2.05) is 20.8 Å². The van der Waals surface area contributed by atoms with Gasteiger partial charge < -0.3 is 4.74 Å². The monoisotopic (exact) mass is 372 g/mol. The fraction of sp³-hybridized carbons (Fsp3) is 0.360. The van der Waals surface area contributed by atoms with Crippen LogP contribution < -0.4 is 0 Å². The van der Waals surface area contributed by atoms with Gasteiger partial charge in [0.25, 0.3) is 0 Å². The maximum Gasteiger partial charge on any atom is 0.154 e. The number of Topliss-reactive ketones (excluding diaryl/α,β-unsaturated/α-hetero) is 2. The number of aryl methyl sites for hydroxylation is 4. The van der Waals surface area contributed by atoms with Crippen LogP contribution >= 0.6 is 0 Å². The van der Waals surface area contributed by atoms with Crippen LogP contribution in [0.15, 0.2) is 42.5 Å². The van der Waals surface area contributed by atoms with Crippen LogP contribution in [0, 0.1) is 39.5 Å². The van der Waals surface area contributed by atoms with Crippen LogP contribution in [-0.2, 0) is 14.3 Å². The molecule has 2 aliphatic heterocycles. The summed E-state index contributed by atoms with van der Waals surface area (Å²) in [6.45, 7) is 8.11. The van der Waals surface area contributed by atoms with Crippen molar-refractivity contribution in [3.8, 4) is 0 Å². The molecular formula is C25H24O3. The van der Waals surface area contributed by atoms with E-state index >= 15 is 0 Å². The smallest absolute Gasteiger partial charge is 0.154 e. The average molecular weight is 372 g/mol. The largest absolute Gasteiger partial charge is 0.365 e. The lowest BCUT2D eigenvalue weighted by Gasteiger charge is -2.20. The second-order valence-electron chi connectivity index (χ2n) is 8.61. The van der Waals surface area contributed by atoms with E-state index in [1.54, 1.807) is 0 Å². The fourth-order valence-electron chi connectivity index (χ4n) is 5.54. The van der Waals surface area contributed by atoms with Gasteiger partial charge in [0.1, 0.15) is 5.92 Å². The molecule has 1 aliphatic carbocycles. The number of hydrogen-bond donors (Lipinski definition) is 0. The number of rotatable bonds is 2. The minimum atomic E-state index is -0.643. The van der Waals surface area contributed by atoms with Gasteiger partial charge in [0.2, 0.25) is 0 Å². The van der Waals surface area contributed by atoms with Crippen LogP contribution in [0.25, 0.3) is 5.57 Å². The van der Waals surface area contributed by atoms with E-state index < -0.39 is 5.92 Å². The molecule has 0 radical (unpaired) electrons. The topological polar surface area (TPSA) is 43.4 Å². The van der Waals surface area contributed by atoms with Gasteiger partial charge in [0.15, 0.2) is 11.6 Å². The molecule has 5 atom stereocenters. The molecule has 1 saturated heterocycles. The first kappa shape index (κ1) is 17.6. The molecule has 0 spiro atoms. The van der Waals surface area contributed by atoms with Crippen molar-refractivity contribution in [2.24, 2.45) is 11.8 Å². The summed E-state index contributed by atoms with van der Waals surface area (Å²) >= 11 is 0. The number of fused-ring (bicyclic) bond motifs is 5. The first-order valence-corrected chi connectivity index (χ1v) is 9.96. The zero-order valence-electron chi connectivity index (χ0n) is 16.7. The standard InChI is InChI=1S/C25H24O3/c1-12-5-7-16(8-6-12)17-11-18-20-22(25(17)28-18)24(27)21(23(20)26)19-14(3)9-13(2)10-15(19)4/h5-11,18,20-22,25H,1-4H3/t18-,20-,21?,22+,25+/m0/s1. The van der Waals surface area contributed by atoms with Crippen molar-refractivity contribution in [3.05, 3.63) is 75.9 Å². The highest BCUT2D eigenvalue weighted by Crippen LogP contribution is 2.54. The van der Waals surface area contributed by atoms with E-state index in [2.05, 4.69) is 49.4 Å². The number of ketones is 2. The van der Waals surface area contributed by atoms with Crippen molar-refractivity contribution in [2.75, 3.05) is 0 Å². The van der Waals surface area contributed by atoms with E-state index in [0.29, 0.717) is 0 Å². The molecular weight excluding hydrogens is 348 g/mol. The molecule has 2 fully saturated rings. The van der Waals surface area contributed by atoms with Crippen molar-refractivity contribution in [3.63, 3.8) is 0 Å². The third-order valence-electron chi connectivity index (χ3n) is 6.66. The first-order chi connectivity index (χ1) is 13.4. The minimum absolute atomic E-state index is 0.0373. The Labute approximate surface area is 165 Å². The summed E-state index contributed by atoms with van der Waals surface area (Å²) in [5, 5.41) is 0. The molecule has 1 unspecified atom stereocenters. The Morgan fingerprint density at radius 3 is 2.04 bits per heavy atom. The highest BCUT2D eigenvalue weighted by molar-refractivity contribution is 6.18. The average Bonchev–Trinajstić information content (AvgIpc) is 3.29. The Morgan fingerprint density at radius 1 is 0.786 bits per heavy atom. The maximum absolute atomic E-state index is 13.5. The van der Waals surface area contributed by atoms with Crippen molar-refractivity contribution >= 4 is 17.1 Å². The summed E-state index contributed by atoms with van der Waals surface area (Å²) in [6.07, 6.45) is 1.49. The highest BCUT2D eigenvalue weighted by atomic mass is 16.5. The normalized spacial score (nSPS) is 30.7. The van der Waals surface area contributed by atoms with Crippen LogP contribution in [0.2, 0.25) is 0 Å². The first-order valence-electron chi connectivity index (χ1n) is 9.96.